The number of rotatable bonds is 6. The third kappa shape index (κ3) is 4.21. The summed E-state index contributed by atoms with van der Waals surface area (Å²) >= 11 is 0. The van der Waals surface area contributed by atoms with Gasteiger partial charge in [0, 0.05) is 43.8 Å². The molecule has 0 N–H and O–H groups in total. The highest BCUT2D eigenvalue weighted by Gasteiger charge is 2.30. The van der Waals surface area contributed by atoms with Gasteiger partial charge in [-0.05, 0) is 55.0 Å². The average molecular weight is 365 g/mol. The first-order valence-electron chi connectivity index (χ1n) is 10.6. The van der Waals surface area contributed by atoms with E-state index in [4.69, 9.17) is 0 Å². The normalized spacial score (nSPS) is 17.7. The van der Waals surface area contributed by atoms with Crippen LogP contribution in [0.15, 0.2) is 42.5 Å². The highest BCUT2D eigenvalue weighted by Crippen LogP contribution is 2.32. The first-order chi connectivity index (χ1) is 13.0. The zero-order valence-corrected chi connectivity index (χ0v) is 17.9. The highest BCUT2D eigenvalue weighted by molar-refractivity contribution is 5.56. The van der Waals surface area contributed by atoms with Crippen LogP contribution in [0.2, 0.25) is 0 Å². The second-order valence-corrected chi connectivity index (χ2v) is 8.41. The van der Waals surface area contributed by atoms with Gasteiger partial charge in [0.05, 0.1) is 0 Å². The quantitative estimate of drug-likeness (QED) is 0.681. The van der Waals surface area contributed by atoms with E-state index in [1.54, 1.807) is 5.56 Å². The zero-order valence-electron chi connectivity index (χ0n) is 17.9. The lowest BCUT2D eigenvalue weighted by molar-refractivity contribution is 0.200. The molecule has 3 rings (SSSR count). The molecule has 0 bridgehead atoms. The number of nitrogens with zero attached hydrogens (tertiary/aromatic N) is 2. The molecule has 0 radical (unpaired) electrons. The number of anilines is 1. The Balaban J connectivity index is 1.69. The predicted octanol–water partition coefficient (Wildman–Crippen LogP) is 5.36. The van der Waals surface area contributed by atoms with Crippen molar-refractivity contribution in [2.45, 2.75) is 52.9 Å². The maximum atomic E-state index is 2.68. The third-order valence-electron chi connectivity index (χ3n) is 6.69. The molecule has 27 heavy (non-hydrogen) atoms. The maximum absolute atomic E-state index is 2.68. The number of hydrogen-bond acceptors (Lipinski definition) is 2. The van der Waals surface area contributed by atoms with E-state index in [-0.39, 0.29) is 5.41 Å². The second kappa shape index (κ2) is 8.48. The van der Waals surface area contributed by atoms with E-state index in [9.17, 15) is 0 Å². The summed E-state index contributed by atoms with van der Waals surface area (Å²) in [6, 6.07) is 15.7. The largest absolute Gasteiger partial charge is 0.369 e. The Morgan fingerprint density at radius 3 is 2.26 bits per heavy atom. The predicted molar refractivity (Wildman–Crippen MR) is 118 cm³/mol. The van der Waals surface area contributed by atoms with Gasteiger partial charge in [-0.25, -0.2) is 0 Å². The van der Waals surface area contributed by atoms with Crippen molar-refractivity contribution in [3.8, 4) is 0 Å². The number of benzene rings is 2. The molecule has 0 aromatic heterocycles. The van der Waals surface area contributed by atoms with Gasteiger partial charge in [0.15, 0.2) is 0 Å². The molecule has 1 unspecified atom stereocenters. The summed E-state index contributed by atoms with van der Waals surface area (Å²) in [4.78, 5) is 5.25. The first kappa shape index (κ1) is 19.9. The third-order valence-corrected chi connectivity index (χ3v) is 6.69. The van der Waals surface area contributed by atoms with Crippen LogP contribution in [0.25, 0.3) is 0 Å². The van der Waals surface area contributed by atoms with E-state index in [0.717, 1.165) is 39.1 Å². The molecule has 146 valence electrons. The number of aryl methyl sites for hydroxylation is 2. The van der Waals surface area contributed by atoms with Crippen LogP contribution < -0.4 is 4.90 Å². The van der Waals surface area contributed by atoms with E-state index in [1.165, 1.54) is 28.8 Å². The van der Waals surface area contributed by atoms with Crippen LogP contribution in [0.5, 0.6) is 0 Å². The van der Waals surface area contributed by atoms with E-state index in [2.05, 4.69) is 86.9 Å². The summed E-state index contributed by atoms with van der Waals surface area (Å²) in [5.41, 5.74) is 7.53. The minimum atomic E-state index is 0.230. The van der Waals surface area contributed by atoms with Crippen LogP contribution in [-0.4, -0.2) is 37.6 Å². The molecule has 2 aromatic rings. The Morgan fingerprint density at radius 1 is 0.889 bits per heavy atom. The lowest BCUT2D eigenvalue weighted by Crippen LogP contribution is -2.50. The maximum Gasteiger partial charge on any atom is 0.0399 e. The van der Waals surface area contributed by atoms with Crippen molar-refractivity contribution in [3.63, 3.8) is 0 Å². The minimum Gasteiger partial charge on any atom is -0.369 e. The van der Waals surface area contributed by atoms with Gasteiger partial charge in [-0.3, -0.25) is 4.90 Å². The van der Waals surface area contributed by atoms with Crippen molar-refractivity contribution in [3.05, 3.63) is 64.7 Å². The molecule has 1 aliphatic heterocycles. The van der Waals surface area contributed by atoms with Crippen LogP contribution in [0.3, 0.4) is 0 Å². The molecule has 0 amide bonds. The van der Waals surface area contributed by atoms with Crippen molar-refractivity contribution in [1.29, 1.82) is 0 Å². The van der Waals surface area contributed by atoms with Crippen LogP contribution in [0, 0.1) is 13.8 Å². The Morgan fingerprint density at radius 2 is 1.59 bits per heavy atom. The zero-order chi connectivity index (χ0) is 19.4. The van der Waals surface area contributed by atoms with Crippen LogP contribution >= 0.6 is 0 Å². The van der Waals surface area contributed by atoms with Crippen molar-refractivity contribution in [1.82, 2.24) is 4.90 Å². The van der Waals surface area contributed by atoms with Gasteiger partial charge in [0.1, 0.15) is 0 Å². The van der Waals surface area contributed by atoms with E-state index in [0.29, 0.717) is 0 Å². The summed E-state index contributed by atoms with van der Waals surface area (Å²) in [5, 5.41) is 0. The smallest absolute Gasteiger partial charge is 0.0399 e. The van der Waals surface area contributed by atoms with Gasteiger partial charge in [-0.2, -0.15) is 0 Å². The summed E-state index contributed by atoms with van der Waals surface area (Å²) < 4.78 is 0. The van der Waals surface area contributed by atoms with Crippen LogP contribution in [0.1, 0.15) is 49.4 Å². The molecule has 0 aliphatic carbocycles. The van der Waals surface area contributed by atoms with Crippen molar-refractivity contribution in [2.24, 2.45) is 0 Å². The first-order valence-corrected chi connectivity index (χ1v) is 10.6. The number of hydrogen-bond donors (Lipinski definition) is 0. The molecule has 1 heterocycles. The molecule has 0 saturated carbocycles. The SMILES string of the molecule is CCc1ccccc1C(C)(CC)CN1CCN(c2cccc(C)c2C)CC1. The van der Waals surface area contributed by atoms with Crippen LogP contribution in [-0.2, 0) is 11.8 Å². The molecule has 1 fully saturated rings. The van der Waals surface area contributed by atoms with Crippen molar-refractivity contribution < 1.29 is 0 Å². The molecule has 1 atom stereocenters. The van der Waals surface area contributed by atoms with E-state index in [1.807, 2.05) is 0 Å². The Bertz CT molecular complexity index is 759. The van der Waals surface area contributed by atoms with Crippen molar-refractivity contribution in [2.75, 3.05) is 37.6 Å². The summed E-state index contributed by atoms with van der Waals surface area (Å²) in [7, 11) is 0. The highest BCUT2D eigenvalue weighted by atomic mass is 15.3. The molecule has 0 spiro atoms. The fourth-order valence-electron chi connectivity index (χ4n) is 4.52. The molecule has 1 aliphatic rings. The Hall–Kier alpha value is -1.80. The fraction of sp³-hybridized carbons (Fsp3) is 0.520. The molecular weight excluding hydrogens is 328 g/mol. The van der Waals surface area contributed by atoms with Gasteiger partial charge in [-0.1, -0.05) is 57.2 Å². The molecular formula is C25H36N2. The van der Waals surface area contributed by atoms with Gasteiger partial charge in [0.25, 0.3) is 0 Å². The lowest BCUT2D eigenvalue weighted by Gasteiger charge is -2.42. The van der Waals surface area contributed by atoms with Gasteiger partial charge in [0.2, 0.25) is 0 Å². The molecule has 2 aromatic carbocycles. The fourth-order valence-corrected chi connectivity index (χ4v) is 4.52. The molecule has 1 saturated heterocycles. The van der Waals surface area contributed by atoms with E-state index < -0.39 is 0 Å². The average Bonchev–Trinajstić information content (AvgIpc) is 2.70. The topological polar surface area (TPSA) is 6.48 Å². The summed E-state index contributed by atoms with van der Waals surface area (Å²) in [6.07, 6.45) is 2.30. The second-order valence-electron chi connectivity index (χ2n) is 8.41. The Labute approximate surface area is 166 Å². The van der Waals surface area contributed by atoms with E-state index >= 15 is 0 Å². The number of piperazine rings is 1. The standard InChI is InChI=1S/C25H36N2/c1-6-22-12-8-9-13-23(22)25(5,7-2)19-26-15-17-27(18-16-26)24-14-10-11-20(3)21(24)4/h8-14H,6-7,15-19H2,1-5H3. The Kier molecular flexibility index (Phi) is 6.26. The lowest BCUT2D eigenvalue weighted by atomic mass is 9.76. The van der Waals surface area contributed by atoms with Gasteiger partial charge in [-0.15, -0.1) is 0 Å². The summed E-state index contributed by atoms with van der Waals surface area (Å²) in [5.74, 6) is 0. The van der Waals surface area contributed by atoms with Gasteiger partial charge >= 0.3 is 0 Å². The monoisotopic (exact) mass is 364 g/mol. The van der Waals surface area contributed by atoms with Gasteiger partial charge < -0.3 is 4.90 Å². The van der Waals surface area contributed by atoms with Crippen LogP contribution in [0.4, 0.5) is 5.69 Å². The summed E-state index contributed by atoms with van der Waals surface area (Å²) in [6.45, 7) is 17.3. The molecule has 2 nitrogen and oxygen atoms in total. The molecule has 2 heteroatoms. The van der Waals surface area contributed by atoms with Crippen molar-refractivity contribution >= 4 is 5.69 Å². The minimum absolute atomic E-state index is 0.230.